The first-order valence-corrected chi connectivity index (χ1v) is 7.91. The molecule has 0 heteroatoms. The highest BCUT2D eigenvalue weighted by Crippen LogP contribution is 2.44. The molecule has 2 aliphatic rings. The molecule has 0 heterocycles. The van der Waals surface area contributed by atoms with E-state index in [0.29, 0.717) is 0 Å². The van der Waals surface area contributed by atoms with E-state index in [1.807, 2.05) is 0 Å². The first kappa shape index (κ1) is 12.5. The van der Waals surface area contributed by atoms with Gasteiger partial charge in [-0.25, -0.2) is 0 Å². The average Bonchev–Trinajstić information content (AvgIpc) is 2.54. The molecule has 0 nitrogen and oxygen atoms in total. The number of hydrogen-bond acceptors (Lipinski definition) is 0. The molecule has 0 bridgehead atoms. The van der Waals surface area contributed by atoms with Crippen LogP contribution in [0.1, 0.15) is 96.3 Å². The molecule has 0 radical (unpaired) electrons. The molecule has 0 aliphatic heterocycles. The lowest BCUT2D eigenvalue weighted by molar-refractivity contribution is 0.185. The van der Waals surface area contributed by atoms with Crippen molar-refractivity contribution in [2.24, 2.45) is 5.41 Å². The molecule has 0 aromatic rings. The summed E-state index contributed by atoms with van der Waals surface area (Å²) in [6.45, 7) is 0. The minimum atomic E-state index is 0.799. The Morgan fingerprint density at radius 2 is 0.562 bits per heavy atom. The Morgan fingerprint density at radius 3 is 0.875 bits per heavy atom. The lowest BCUT2D eigenvalue weighted by Crippen LogP contribution is -2.20. The highest BCUT2D eigenvalue weighted by Gasteiger charge is 2.29. The summed E-state index contributed by atoms with van der Waals surface area (Å²) in [4.78, 5) is 0. The van der Waals surface area contributed by atoms with Gasteiger partial charge in [0.25, 0.3) is 0 Å². The minimum absolute atomic E-state index is 0.799. The Balaban J connectivity index is 1.90. The van der Waals surface area contributed by atoms with Crippen LogP contribution in [0.25, 0.3) is 0 Å². The van der Waals surface area contributed by atoms with E-state index in [1.54, 1.807) is 25.7 Å². The molecular formula is C16H30. The fourth-order valence-corrected chi connectivity index (χ4v) is 3.99. The molecule has 0 atom stereocenters. The van der Waals surface area contributed by atoms with Crippen molar-refractivity contribution >= 4 is 0 Å². The van der Waals surface area contributed by atoms with Crippen LogP contribution in [0.2, 0.25) is 0 Å². The van der Waals surface area contributed by atoms with Crippen LogP contribution in [0, 0.1) is 5.41 Å². The van der Waals surface area contributed by atoms with Gasteiger partial charge < -0.3 is 0 Å². The molecule has 2 rings (SSSR count). The zero-order chi connectivity index (χ0) is 11.1. The Kier molecular flexibility index (Phi) is 5.19. The summed E-state index contributed by atoms with van der Waals surface area (Å²) < 4.78 is 0. The normalized spacial score (nSPS) is 28.5. The third kappa shape index (κ3) is 3.79. The predicted octanol–water partition coefficient (Wildman–Crippen LogP) is 5.85. The van der Waals surface area contributed by atoms with Crippen molar-refractivity contribution in [1.29, 1.82) is 0 Å². The Hall–Kier alpha value is 0. The van der Waals surface area contributed by atoms with Crippen LogP contribution in [-0.2, 0) is 0 Å². The Morgan fingerprint density at radius 1 is 0.312 bits per heavy atom. The second kappa shape index (κ2) is 6.67. The van der Waals surface area contributed by atoms with E-state index in [-0.39, 0.29) is 0 Å². The maximum absolute atomic E-state index is 1.56. The van der Waals surface area contributed by atoms with Crippen LogP contribution in [0.5, 0.6) is 0 Å². The van der Waals surface area contributed by atoms with Gasteiger partial charge in [-0.2, -0.15) is 0 Å². The van der Waals surface area contributed by atoms with Gasteiger partial charge in [0.15, 0.2) is 0 Å². The third-order valence-electron chi connectivity index (χ3n) is 5.08. The molecule has 0 amide bonds. The summed E-state index contributed by atoms with van der Waals surface area (Å²) in [5.41, 5.74) is 0.799. The molecule has 1 spiro atoms. The van der Waals surface area contributed by atoms with Crippen LogP contribution in [0.3, 0.4) is 0 Å². The number of hydrogen-bond donors (Lipinski definition) is 0. The maximum atomic E-state index is 1.56. The van der Waals surface area contributed by atoms with Crippen molar-refractivity contribution in [2.75, 3.05) is 0 Å². The molecule has 0 aromatic carbocycles. The monoisotopic (exact) mass is 222 g/mol. The summed E-state index contributed by atoms with van der Waals surface area (Å²) in [5.74, 6) is 0. The average molecular weight is 222 g/mol. The Bertz CT molecular complexity index is 162. The molecule has 16 heavy (non-hydrogen) atoms. The van der Waals surface area contributed by atoms with E-state index >= 15 is 0 Å². The third-order valence-corrected chi connectivity index (χ3v) is 5.08. The zero-order valence-electron chi connectivity index (χ0n) is 11.1. The number of rotatable bonds is 0. The van der Waals surface area contributed by atoms with Crippen LogP contribution >= 0.6 is 0 Å². The van der Waals surface area contributed by atoms with Crippen molar-refractivity contribution in [3.8, 4) is 0 Å². The summed E-state index contributed by atoms with van der Waals surface area (Å²) in [7, 11) is 0. The van der Waals surface area contributed by atoms with Crippen LogP contribution in [0.4, 0.5) is 0 Å². The van der Waals surface area contributed by atoms with Crippen molar-refractivity contribution in [1.82, 2.24) is 0 Å². The highest BCUT2D eigenvalue weighted by atomic mass is 14.3. The summed E-state index contributed by atoms with van der Waals surface area (Å²) >= 11 is 0. The standard InChI is InChI=1S/C16H30/c1-2-4-8-12-16(13-9-5-3-1)14-10-6-7-11-15-16/h1-15H2. The van der Waals surface area contributed by atoms with Gasteiger partial charge in [-0.05, 0) is 31.1 Å². The quantitative estimate of drug-likeness (QED) is 0.482. The van der Waals surface area contributed by atoms with Gasteiger partial charge in [-0.15, -0.1) is 0 Å². The molecule has 0 aromatic heterocycles. The Labute approximate surface area is 102 Å². The molecule has 0 saturated heterocycles. The van der Waals surface area contributed by atoms with Crippen molar-refractivity contribution < 1.29 is 0 Å². The molecule has 2 aliphatic carbocycles. The van der Waals surface area contributed by atoms with E-state index in [2.05, 4.69) is 0 Å². The maximum Gasteiger partial charge on any atom is -0.0297 e. The summed E-state index contributed by atoms with van der Waals surface area (Å²) in [6, 6.07) is 0. The predicted molar refractivity (Wildman–Crippen MR) is 71.7 cm³/mol. The summed E-state index contributed by atoms with van der Waals surface area (Å²) in [6.07, 6.45) is 23.0. The minimum Gasteiger partial charge on any atom is -0.0533 e. The first-order valence-electron chi connectivity index (χ1n) is 7.91. The van der Waals surface area contributed by atoms with E-state index in [4.69, 9.17) is 0 Å². The van der Waals surface area contributed by atoms with Crippen LogP contribution in [-0.4, -0.2) is 0 Å². The van der Waals surface area contributed by atoms with Crippen molar-refractivity contribution in [3.63, 3.8) is 0 Å². The largest absolute Gasteiger partial charge is 0.0533 e. The topological polar surface area (TPSA) is 0 Å². The first-order chi connectivity index (χ1) is 7.91. The van der Waals surface area contributed by atoms with Gasteiger partial charge in [0.05, 0.1) is 0 Å². The summed E-state index contributed by atoms with van der Waals surface area (Å²) in [5, 5.41) is 0. The fourth-order valence-electron chi connectivity index (χ4n) is 3.99. The van der Waals surface area contributed by atoms with E-state index in [0.717, 1.165) is 5.41 Å². The molecular weight excluding hydrogens is 192 g/mol. The fraction of sp³-hybridized carbons (Fsp3) is 1.00. The molecule has 2 saturated carbocycles. The van der Waals surface area contributed by atoms with Crippen LogP contribution in [0.15, 0.2) is 0 Å². The van der Waals surface area contributed by atoms with Gasteiger partial charge in [-0.1, -0.05) is 70.6 Å². The van der Waals surface area contributed by atoms with E-state index < -0.39 is 0 Å². The van der Waals surface area contributed by atoms with Crippen molar-refractivity contribution in [2.45, 2.75) is 96.3 Å². The van der Waals surface area contributed by atoms with Crippen LogP contribution < -0.4 is 0 Å². The van der Waals surface area contributed by atoms with E-state index in [9.17, 15) is 0 Å². The molecule has 94 valence electrons. The zero-order valence-corrected chi connectivity index (χ0v) is 11.1. The smallest absolute Gasteiger partial charge is 0.0297 e. The van der Waals surface area contributed by atoms with Gasteiger partial charge in [0.2, 0.25) is 0 Å². The van der Waals surface area contributed by atoms with Gasteiger partial charge in [0, 0.05) is 0 Å². The molecule has 0 unspecified atom stereocenters. The SMILES string of the molecule is C1CCCCC2(CCCC1)CCCCCC2. The molecule has 2 fully saturated rings. The lowest BCUT2D eigenvalue weighted by atomic mass is 9.72. The van der Waals surface area contributed by atoms with Gasteiger partial charge in [0.1, 0.15) is 0 Å². The second-order valence-electron chi connectivity index (χ2n) is 6.39. The lowest BCUT2D eigenvalue weighted by Gasteiger charge is -2.34. The van der Waals surface area contributed by atoms with Gasteiger partial charge in [-0.3, -0.25) is 0 Å². The van der Waals surface area contributed by atoms with Crippen molar-refractivity contribution in [3.05, 3.63) is 0 Å². The van der Waals surface area contributed by atoms with Gasteiger partial charge >= 0.3 is 0 Å². The molecule has 0 N–H and O–H groups in total. The van der Waals surface area contributed by atoms with E-state index in [1.165, 1.54) is 70.6 Å². The second-order valence-corrected chi connectivity index (χ2v) is 6.39. The highest BCUT2D eigenvalue weighted by molar-refractivity contribution is 4.82.